The number of nitrogens with two attached hydrogens (primary N) is 1. The number of hydrogen-bond acceptors (Lipinski definition) is 6. The van der Waals surface area contributed by atoms with Crippen LogP contribution in [0.15, 0.2) is 60.9 Å². The number of alkyl halides is 3. The fraction of sp³-hybridized carbons (Fsp3) is 0.0952. The quantitative estimate of drug-likeness (QED) is 0.373. The zero-order valence-electron chi connectivity index (χ0n) is 16.6. The molecule has 0 bridgehead atoms. The number of nitrogens with one attached hydrogen (secondary N) is 1. The second-order valence-electron chi connectivity index (χ2n) is 6.79. The van der Waals surface area contributed by atoms with Gasteiger partial charge < -0.3 is 15.8 Å². The van der Waals surface area contributed by atoms with Crippen molar-refractivity contribution in [2.45, 2.75) is 6.18 Å². The van der Waals surface area contributed by atoms with E-state index in [1.54, 1.807) is 37.5 Å². The minimum absolute atomic E-state index is 0.118. The number of halogens is 4. The molecule has 4 rings (SSSR count). The van der Waals surface area contributed by atoms with Gasteiger partial charge in [-0.15, -0.1) is 0 Å². The third-order valence-corrected chi connectivity index (χ3v) is 4.66. The van der Waals surface area contributed by atoms with E-state index < -0.39 is 11.7 Å². The molecule has 2 heterocycles. The highest BCUT2D eigenvalue weighted by Gasteiger charge is 2.30. The number of nitrogens with zero attached hydrogens (tertiary/aromatic N) is 4. The van der Waals surface area contributed by atoms with Gasteiger partial charge in [-0.3, -0.25) is 4.68 Å². The normalized spacial score (nSPS) is 11.4. The first kappa shape index (κ1) is 21.4. The first-order chi connectivity index (χ1) is 15.2. The number of rotatable bonds is 5. The Bertz CT molecular complexity index is 1260. The molecular formula is C21H16ClF3N6O. The van der Waals surface area contributed by atoms with Crippen LogP contribution in [-0.2, 0) is 13.2 Å². The maximum absolute atomic E-state index is 12.9. The molecule has 0 unspecified atom stereocenters. The topological polar surface area (TPSA) is 90.9 Å². The van der Waals surface area contributed by atoms with Crippen LogP contribution in [-0.4, -0.2) is 19.7 Å². The summed E-state index contributed by atoms with van der Waals surface area (Å²) >= 11 is 6.07. The average Bonchev–Trinajstić information content (AvgIpc) is 3.04. The van der Waals surface area contributed by atoms with Gasteiger partial charge in [0.2, 0.25) is 11.8 Å². The molecule has 0 amide bonds. The van der Waals surface area contributed by atoms with Crippen molar-refractivity contribution in [3.05, 3.63) is 71.6 Å². The van der Waals surface area contributed by atoms with Crippen molar-refractivity contribution in [2.75, 3.05) is 11.1 Å². The van der Waals surface area contributed by atoms with E-state index in [-0.39, 0.29) is 17.0 Å². The van der Waals surface area contributed by atoms with Crippen molar-refractivity contribution in [1.29, 1.82) is 0 Å². The predicted octanol–water partition coefficient (Wildman–Crippen LogP) is 5.67. The summed E-state index contributed by atoms with van der Waals surface area (Å²) < 4.78 is 46.2. The Kier molecular flexibility index (Phi) is 5.62. The minimum atomic E-state index is -4.44. The van der Waals surface area contributed by atoms with E-state index in [0.29, 0.717) is 28.3 Å². The Hall–Kier alpha value is -3.79. The molecule has 164 valence electrons. The standard InChI is InChI=1S/C21H16ClF3N6O/c1-31-11-17(18(22)30-31)28-20-27-10-16(12-5-7-13(8-6-12)21(23,24)25)19(29-20)32-15-4-2-3-14(26)9-15/h2-11H,26H2,1H3,(H,27,28,29). The van der Waals surface area contributed by atoms with Crippen LogP contribution in [0.5, 0.6) is 11.6 Å². The largest absolute Gasteiger partial charge is 0.438 e. The number of hydrogen-bond donors (Lipinski definition) is 2. The number of aromatic nitrogens is 4. The van der Waals surface area contributed by atoms with Crippen LogP contribution in [0.3, 0.4) is 0 Å². The lowest BCUT2D eigenvalue weighted by Gasteiger charge is -2.13. The smallest absolute Gasteiger partial charge is 0.416 e. The summed E-state index contributed by atoms with van der Waals surface area (Å²) in [6, 6.07) is 11.3. The summed E-state index contributed by atoms with van der Waals surface area (Å²) in [5.74, 6) is 0.685. The minimum Gasteiger partial charge on any atom is -0.438 e. The van der Waals surface area contributed by atoms with Crippen molar-refractivity contribution < 1.29 is 17.9 Å². The van der Waals surface area contributed by atoms with Crippen molar-refractivity contribution in [3.8, 4) is 22.8 Å². The van der Waals surface area contributed by atoms with E-state index in [4.69, 9.17) is 22.1 Å². The Morgan fingerprint density at radius 3 is 2.50 bits per heavy atom. The molecule has 0 aliphatic heterocycles. The lowest BCUT2D eigenvalue weighted by molar-refractivity contribution is -0.137. The Morgan fingerprint density at radius 1 is 1.12 bits per heavy atom. The monoisotopic (exact) mass is 460 g/mol. The van der Waals surface area contributed by atoms with E-state index >= 15 is 0 Å². The van der Waals surface area contributed by atoms with Crippen LogP contribution in [0.1, 0.15) is 5.56 Å². The number of ether oxygens (including phenoxy) is 1. The molecule has 4 aromatic rings. The molecule has 0 saturated heterocycles. The maximum atomic E-state index is 12.9. The molecule has 32 heavy (non-hydrogen) atoms. The summed E-state index contributed by atoms with van der Waals surface area (Å²) in [6.07, 6.45) is -1.34. The molecule has 3 N–H and O–H groups in total. The van der Waals surface area contributed by atoms with E-state index in [2.05, 4.69) is 20.4 Å². The fourth-order valence-electron chi connectivity index (χ4n) is 2.90. The third kappa shape index (κ3) is 4.75. The molecule has 7 nitrogen and oxygen atoms in total. The molecule has 0 saturated carbocycles. The molecule has 0 aliphatic carbocycles. The van der Waals surface area contributed by atoms with Gasteiger partial charge in [0.15, 0.2) is 5.15 Å². The van der Waals surface area contributed by atoms with E-state index in [0.717, 1.165) is 12.1 Å². The van der Waals surface area contributed by atoms with Crippen molar-refractivity contribution in [1.82, 2.24) is 19.7 Å². The molecule has 0 aliphatic rings. The van der Waals surface area contributed by atoms with E-state index in [1.165, 1.54) is 23.0 Å². The van der Waals surface area contributed by atoms with Gasteiger partial charge in [-0.25, -0.2) is 4.98 Å². The summed E-state index contributed by atoms with van der Waals surface area (Å²) in [5.41, 5.74) is 6.85. The summed E-state index contributed by atoms with van der Waals surface area (Å²) in [4.78, 5) is 8.63. The highest BCUT2D eigenvalue weighted by Crippen LogP contribution is 2.36. The first-order valence-electron chi connectivity index (χ1n) is 9.23. The predicted molar refractivity (Wildman–Crippen MR) is 115 cm³/mol. The molecule has 0 spiro atoms. The van der Waals surface area contributed by atoms with Gasteiger partial charge in [-0.2, -0.15) is 23.3 Å². The highest BCUT2D eigenvalue weighted by atomic mass is 35.5. The lowest BCUT2D eigenvalue weighted by atomic mass is 10.1. The zero-order chi connectivity index (χ0) is 22.9. The second-order valence-corrected chi connectivity index (χ2v) is 7.15. The third-order valence-electron chi connectivity index (χ3n) is 4.38. The van der Waals surface area contributed by atoms with Crippen LogP contribution >= 0.6 is 11.6 Å². The zero-order valence-corrected chi connectivity index (χ0v) is 17.3. The molecular weight excluding hydrogens is 445 g/mol. The maximum Gasteiger partial charge on any atom is 0.416 e. The lowest BCUT2D eigenvalue weighted by Crippen LogP contribution is -2.04. The summed E-state index contributed by atoms with van der Waals surface area (Å²) in [7, 11) is 1.71. The number of anilines is 3. The SMILES string of the molecule is Cn1cc(Nc2ncc(-c3ccc(C(F)(F)F)cc3)c(Oc3cccc(N)c3)n2)c(Cl)n1. The van der Waals surface area contributed by atoms with Gasteiger partial charge in [0, 0.05) is 31.2 Å². The van der Waals surface area contributed by atoms with Gasteiger partial charge in [0.25, 0.3) is 0 Å². The average molecular weight is 461 g/mol. The van der Waals surface area contributed by atoms with Gasteiger partial charge in [0.1, 0.15) is 5.75 Å². The van der Waals surface area contributed by atoms with Crippen LogP contribution in [0, 0.1) is 0 Å². The van der Waals surface area contributed by atoms with Crippen molar-refractivity contribution in [2.24, 2.45) is 7.05 Å². The van der Waals surface area contributed by atoms with E-state index in [1.807, 2.05) is 0 Å². The van der Waals surface area contributed by atoms with E-state index in [9.17, 15) is 13.2 Å². The summed E-state index contributed by atoms with van der Waals surface area (Å²) in [5, 5.41) is 7.20. The molecule has 0 radical (unpaired) electrons. The number of aryl methyl sites for hydroxylation is 1. The fourth-order valence-corrected chi connectivity index (χ4v) is 3.11. The van der Waals surface area contributed by atoms with Gasteiger partial charge >= 0.3 is 6.18 Å². The molecule has 11 heteroatoms. The Balaban J connectivity index is 1.73. The number of nitrogen functional groups attached to an aromatic ring is 1. The van der Waals surface area contributed by atoms with Crippen LogP contribution in [0.25, 0.3) is 11.1 Å². The second kappa shape index (κ2) is 8.39. The van der Waals surface area contributed by atoms with Crippen molar-refractivity contribution in [3.63, 3.8) is 0 Å². The van der Waals surface area contributed by atoms with Crippen molar-refractivity contribution >= 4 is 28.9 Å². The Morgan fingerprint density at radius 2 is 1.88 bits per heavy atom. The van der Waals surface area contributed by atoms with Gasteiger partial charge in [0.05, 0.1) is 16.8 Å². The van der Waals surface area contributed by atoms with Gasteiger partial charge in [-0.05, 0) is 29.8 Å². The van der Waals surface area contributed by atoms with Crippen LogP contribution in [0.2, 0.25) is 5.15 Å². The summed E-state index contributed by atoms with van der Waals surface area (Å²) in [6.45, 7) is 0. The van der Waals surface area contributed by atoms with Crippen LogP contribution < -0.4 is 15.8 Å². The molecule has 0 atom stereocenters. The first-order valence-corrected chi connectivity index (χ1v) is 9.61. The Labute approximate surface area is 185 Å². The molecule has 2 aromatic heterocycles. The van der Waals surface area contributed by atoms with Gasteiger partial charge in [-0.1, -0.05) is 29.8 Å². The molecule has 0 fully saturated rings. The molecule has 2 aromatic carbocycles. The van der Waals surface area contributed by atoms with Crippen LogP contribution in [0.4, 0.5) is 30.5 Å². The number of benzene rings is 2. The highest BCUT2D eigenvalue weighted by molar-refractivity contribution is 6.32.